The number of carboxylic acid groups (broad SMARTS) is 2. The second-order valence-corrected chi connectivity index (χ2v) is 9.84. The summed E-state index contributed by atoms with van der Waals surface area (Å²) in [7, 11) is 0. The Labute approximate surface area is 198 Å². The number of hydrogen-bond donors (Lipinski definition) is 4. The Kier molecular flexibility index (Phi) is 11.9. The summed E-state index contributed by atoms with van der Waals surface area (Å²) in [6, 6.07) is 2.49. The average molecular weight is 511 g/mol. The van der Waals surface area contributed by atoms with E-state index in [0.717, 1.165) is 11.8 Å². The van der Waals surface area contributed by atoms with Crippen molar-refractivity contribution in [3.05, 3.63) is 33.8 Å². The van der Waals surface area contributed by atoms with Crippen molar-refractivity contribution in [1.29, 1.82) is 0 Å². The number of carboxylic acids is 2. The van der Waals surface area contributed by atoms with Gasteiger partial charge in [0.15, 0.2) is 0 Å². The molecule has 12 heteroatoms. The molecule has 0 aromatic heterocycles. The minimum absolute atomic E-state index is 0.0185. The van der Waals surface area contributed by atoms with E-state index >= 15 is 0 Å². The quantitative estimate of drug-likeness (QED) is 0.216. The van der Waals surface area contributed by atoms with Crippen LogP contribution in [-0.2, 0) is 19.2 Å². The van der Waals surface area contributed by atoms with Gasteiger partial charge in [-0.1, -0.05) is 29.3 Å². The second kappa shape index (κ2) is 13.3. The maximum absolute atomic E-state index is 12.9. The molecule has 1 aromatic carbocycles. The molecule has 0 heterocycles. The van der Waals surface area contributed by atoms with Crippen LogP contribution in [0, 0.1) is 5.92 Å². The molecule has 4 atom stereocenters. The SMILES string of the molecule is CC(=O)[C@@H](C(=O)CCSC[C@H](N)C(=O)O)[C@H](SC[C@H](N)C(=O)O)c1ccc(Cl)c(Cl)c1. The molecule has 0 fully saturated rings. The number of Topliss-reactive ketones (excluding diaryl/α,β-unsaturated/α-hetero) is 2. The average Bonchev–Trinajstić information content (AvgIpc) is 2.69. The molecule has 172 valence electrons. The molecule has 6 N–H and O–H groups in total. The van der Waals surface area contributed by atoms with E-state index in [1.165, 1.54) is 30.8 Å². The van der Waals surface area contributed by atoms with Crippen molar-refractivity contribution < 1.29 is 29.4 Å². The van der Waals surface area contributed by atoms with E-state index in [1.54, 1.807) is 6.07 Å². The Bertz CT molecular complexity index is 827. The summed E-state index contributed by atoms with van der Waals surface area (Å²) < 4.78 is 0. The smallest absolute Gasteiger partial charge is 0.321 e. The van der Waals surface area contributed by atoms with Gasteiger partial charge in [-0.2, -0.15) is 23.5 Å². The number of thioether (sulfide) groups is 2. The largest absolute Gasteiger partial charge is 0.480 e. The summed E-state index contributed by atoms with van der Waals surface area (Å²) in [6.07, 6.45) is 0.0185. The third kappa shape index (κ3) is 8.99. The van der Waals surface area contributed by atoms with Crippen molar-refractivity contribution in [3.8, 4) is 0 Å². The maximum Gasteiger partial charge on any atom is 0.321 e. The highest BCUT2D eigenvalue weighted by Crippen LogP contribution is 2.40. The number of carbonyl (C=O) groups excluding carboxylic acids is 2. The zero-order valence-corrected chi connectivity index (χ0v) is 19.8. The zero-order valence-electron chi connectivity index (χ0n) is 16.6. The van der Waals surface area contributed by atoms with Crippen molar-refractivity contribution >= 4 is 70.2 Å². The summed E-state index contributed by atoms with van der Waals surface area (Å²) in [6.45, 7) is 1.29. The molecular formula is C19H24Cl2N2O6S2. The van der Waals surface area contributed by atoms with Gasteiger partial charge in [-0.25, -0.2) is 0 Å². The van der Waals surface area contributed by atoms with Gasteiger partial charge >= 0.3 is 11.9 Å². The predicted octanol–water partition coefficient (Wildman–Crippen LogP) is 2.49. The van der Waals surface area contributed by atoms with E-state index in [4.69, 9.17) is 44.9 Å². The molecule has 8 nitrogen and oxygen atoms in total. The lowest BCUT2D eigenvalue weighted by atomic mass is 9.90. The third-order valence-electron chi connectivity index (χ3n) is 4.24. The fourth-order valence-corrected chi connectivity index (χ4v) is 5.22. The first-order valence-electron chi connectivity index (χ1n) is 9.09. The fourth-order valence-electron chi connectivity index (χ4n) is 2.57. The molecule has 0 aliphatic rings. The summed E-state index contributed by atoms with van der Waals surface area (Å²) >= 11 is 14.4. The first-order valence-corrected chi connectivity index (χ1v) is 12.1. The van der Waals surface area contributed by atoms with Gasteiger partial charge in [0, 0.05) is 28.9 Å². The summed E-state index contributed by atoms with van der Waals surface area (Å²) in [5.74, 6) is -3.73. The molecule has 31 heavy (non-hydrogen) atoms. The van der Waals surface area contributed by atoms with Crippen LogP contribution in [0.15, 0.2) is 18.2 Å². The molecule has 0 bridgehead atoms. The number of benzene rings is 1. The number of ketones is 2. The van der Waals surface area contributed by atoms with E-state index < -0.39 is 35.2 Å². The Balaban J connectivity index is 3.04. The van der Waals surface area contributed by atoms with Crippen molar-refractivity contribution in [1.82, 2.24) is 0 Å². The topological polar surface area (TPSA) is 161 Å². The lowest BCUT2D eigenvalue weighted by Gasteiger charge is -2.25. The predicted molar refractivity (Wildman–Crippen MR) is 124 cm³/mol. The lowest BCUT2D eigenvalue weighted by molar-refractivity contribution is -0.138. The monoisotopic (exact) mass is 510 g/mol. The Morgan fingerprint density at radius 3 is 2.10 bits per heavy atom. The van der Waals surface area contributed by atoms with Gasteiger partial charge in [0.25, 0.3) is 0 Å². The molecule has 0 unspecified atom stereocenters. The summed E-state index contributed by atoms with van der Waals surface area (Å²) in [4.78, 5) is 47.2. The number of carbonyl (C=O) groups is 4. The number of halogens is 2. The van der Waals surface area contributed by atoms with Crippen LogP contribution < -0.4 is 11.5 Å². The van der Waals surface area contributed by atoms with Crippen LogP contribution in [-0.4, -0.2) is 63.1 Å². The molecule has 0 amide bonds. The van der Waals surface area contributed by atoms with E-state index in [0.29, 0.717) is 10.6 Å². The summed E-state index contributed by atoms with van der Waals surface area (Å²) in [5.41, 5.74) is 11.6. The van der Waals surface area contributed by atoms with E-state index in [-0.39, 0.29) is 40.3 Å². The van der Waals surface area contributed by atoms with Crippen LogP contribution >= 0.6 is 46.7 Å². The van der Waals surface area contributed by atoms with Crippen LogP contribution in [0.2, 0.25) is 10.0 Å². The highest BCUT2D eigenvalue weighted by Gasteiger charge is 2.34. The Morgan fingerprint density at radius 1 is 1.00 bits per heavy atom. The first-order chi connectivity index (χ1) is 14.5. The van der Waals surface area contributed by atoms with E-state index in [2.05, 4.69) is 0 Å². The molecule has 0 saturated carbocycles. The molecule has 1 aromatic rings. The van der Waals surface area contributed by atoms with Crippen LogP contribution in [0.4, 0.5) is 0 Å². The van der Waals surface area contributed by atoms with Gasteiger partial charge in [0.1, 0.15) is 23.7 Å². The lowest BCUT2D eigenvalue weighted by Crippen LogP contribution is -2.34. The van der Waals surface area contributed by atoms with Crippen LogP contribution in [0.3, 0.4) is 0 Å². The van der Waals surface area contributed by atoms with Gasteiger partial charge in [-0.05, 0) is 24.6 Å². The van der Waals surface area contributed by atoms with Crippen molar-refractivity contribution in [2.24, 2.45) is 17.4 Å². The highest BCUT2D eigenvalue weighted by molar-refractivity contribution is 7.99. The Morgan fingerprint density at radius 2 is 1.58 bits per heavy atom. The van der Waals surface area contributed by atoms with Crippen molar-refractivity contribution in [3.63, 3.8) is 0 Å². The Hall–Kier alpha value is -1.30. The van der Waals surface area contributed by atoms with Crippen molar-refractivity contribution in [2.45, 2.75) is 30.7 Å². The number of hydrogen-bond acceptors (Lipinski definition) is 8. The molecule has 0 saturated heterocycles. The van der Waals surface area contributed by atoms with Gasteiger partial charge in [0.2, 0.25) is 0 Å². The molecular weight excluding hydrogens is 487 g/mol. The van der Waals surface area contributed by atoms with Crippen molar-refractivity contribution in [2.75, 3.05) is 17.3 Å². The maximum atomic E-state index is 12.9. The van der Waals surface area contributed by atoms with Gasteiger partial charge in [0.05, 0.1) is 16.0 Å². The normalized spacial score (nSPS) is 15.0. The molecule has 0 aliphatic carbocycles. The highest BCUT2D eigenvalue weighted by atomic mass is 35.5. The molecule has 0 aliphatic heterocycles. The van der Waals surface area contributed by atoms with Crippen LogP contribution in [0.1, 0.15) is 24.2 Å². The minimum atomic E-state index is -1.20. The molecule has 0 radical (unpaired) electrons. The standard InChI is InChI=1S/C19H24Cl2N2O6S2/c1-9(24)16(15(25)4-5-30-7-13(22)18(26)27)17(31-8-14(23)19(28)29)10-2-3-11(20)12(21)6-10/h2-3,6,13-14,16-17H,4-5,7-8,22-23H2,1H3,(H,26,27)(H,28,29)/t13-,14-,16-,17+/m0/s1. The van der Waals surface area contributed by atoms with Crippen LogP contribution in [0.25, 0.3) is 0 Å². The van der Waals surface area contributed by atoms with E-state index in [9.17, 15) is 19.2 Å². The van der Waals surface area contributed by atoms with Crippen LogP contribution in [0.5, 0.6) is 0 Å². The van der Waals surface area contributed by atoms with Gasteiger partial charge < -0.3 is 21.7 Å². The van der Waals surface area contributed by atoms with Gasteiger partial charge in [-0.3, -0.25) is 19.2 Å². The fraction of sp³-hybridized carbons (Fsp3) is 0.474. The van der Waals surface area contributed by atoms with E-state index in [1.807, 2.05) is 0 Å². The zero-order chi connectivity index (χ0) is 23.7. The number of nitrogens with two attached hydrogens (primary N) is 2. The number of aliphatic carboxylic acids is 2. The van der Waals surface area contributed by atoms with Gasteiger partial charge in [-0.15, -0.1) is 0 Å². The minimum Gasteiger partial charge on any atom is -0.480 e. The third-order valence-corrected chi connectivity index (χ3v) is 7.52. The number of rotatable bonds is 14. The second-order valence-electron chi connectivity index (χ2n) is 6.70. The summed E-state index contributed by atoms with van der Waals surface area (Å²) in [5, 5.41) is 17.7. The first kappa shape index (κ1) is 27.7. The molecule has 1 rings (SSSR count). The molecule has 0 spiro atoms.